The van der Waals surface area contributed by atoms with E-state index in [0.717, 1.165) is 0 Å². The van der Waals surface area contributed by atoms with Crippen molar-refractivity contribution in [3.8, 4) is 0 Å². The third kappa shape index (κ3) is 2.32. The topological polar surface area (TPSA) is 52.0 Å². The van der Waals surface area contributed by atoms with E-state index in [1.807, 2.05) is 0 Å². The lowest BCUT2D eigenvalue weighted by molar-refractivity contribution is -0.124. The summed E-state index contributed by atoms with van der Waals surface area (Å²) in [6.45, 7) is 1.58. The van der Waals surface area contributed by atoms with Crippen molar-refractivity contribution in [3.63, 3.8) is 0 Å². The summed E-state index contributed by atoms with van der Waals surface area (Å²) in [7, 11) is 1.47. The Kier molecular flexibility index (Phi) is 3.87. The number of aldehydes is 1. The molecule has 0 bridgehead atoms. The highest BCUT2D eigenvalue weighted by molar-refractivity contribution is 5.98. The quantitative estimate of drug-likeness (QED) is 0.570. The van der Waals surface area contributed by atoms with Gasteiger partial charge in [-0.05, 0) is 0 Å². The molecular formula is C10H12F2N2O2. The molecule has 0 amide bonds. The van der Waals surface area contributed by atoms with Crippen molar-refractivity contribution in [3.05, 3.63) is 17.5 Å². The third-order valence-electron chi connectivity index (χ3n) is 2.26. The number of alkyl halides is 2. The number of carbonyl (C=O) groups excluding carboxylic acids is 2. The van der Waals surface area contributed by atoms with E-state index in [1.54, 1.807) is 6.92 Å². The standard InChI is InChI=1S/C10H12F2N2O2/c1-3-8(16)7(5-15)6-4-14(2)13-9(6)10(11)12/h4-5,7,10H,3H2,1-2H3. The molecule has 0 N–H and O–H groups in total. The molecule has 1 aromatic rings. The first kappa shape index (κ1) is 12.5. The van der Waals surface area contributed by atoms with Gasteiger partial charge in [-0.25, -0.2) is 8.78 Å². The van der Waals surface area contributed by atoms with Crippen LogP contribution in [0.2, 0.25) is 0 Å². The van der Waals surface area contributed by atoms with Crippen LogP contribution in [-0.4, -0.2) is 21.8 Å². The Morgan fingerprint density at radius 1 is 1.62 bits per heavy atom. The molecule has 4 nitrogen and oxygen atoms in total. The molecule has 0 aliphatic heterocycles. The van der Waals surface area contributed by atoms with Gasteiger partial charge in [0.15, 0.2) is 0 Å². The second-order valence-corrected chi connectivity index (χ2v) is 3.38. The van der Waals surface area contributed by atoms with Crippen molar-refractivity contribution in [1.29, 1.82) is 0 Å². The number of aromatic nitrogens is 2. The van der Waals surface area contributed by atoms with Gasteiger partial charge in [0.1, 0.15) is 23.7 Å². The van der Waals surface area contributed by atoms with E-state index >= 15 is 0 Å². The fraction of sp³-hybridized carbons (Fsp3) is 0.500. The van der Waals surface area contributed by atoms with Crippen LogP contribution in [0.3, 0.4) is 0 Å². The zero-order chi connectivity index (χ0) is 12.3. The van der Waals surface area contributed by atoms with Gasteiger partial charge in [-0.3, -0.25) is 9.48 Å². The highest BCUT2D eigenvalue weighted by Gasteiger charge is 2.27. The van der Waals surface area contributed by atoms with Crippen molar-refractivity contribution in [1.82, 2.24) is 9.78 Å². The van der Waals surface area contributed by atoms with Crippen LogP contribution < -0.4 is 0 Å². The Morgan fingerprint density at radius 2 is 2.25 bits per heavy atom. The van der Waals surface area contributed by atoms with Gasteiger partial charge in [0.25, 0.3) is 6.43 Å². The molecule has 0 fully saturated rings. The van der Waals surface area contributed by atoms with Crippen LogP contribution in [0.4, 0.5) is 8.78 Å². The molecule has 1 heterocycles. The molecule has 88 valence electrons. The number of carbonyl (C=O) groups is 2. The summed E-state index contributed by atoms with van der Waals surface area (Å²) in [5.74, 6) is -1.52. The van der Waals surface area contributed by atoms with Crippen LogP contribution in [-0.2, 0) is 16.6 Å². The molecule has 1 aromatic heterocycles. The molecule has 1 unspecified atom stereocenters. The van der Waals surface area contributed by atoms with Gasteiger partial charge < -0.3 is 4.79 Å². The Balaban J connectivity index is 3.18. The minimum absolute atomic E-state index is 0.000602. The van der Waals surface area contributed by atoms with Gasteiger partial charge in [0.05, 0.1) is 0 Å². The molecule has 0 radical (unpaired) electrons. The van der Waals surface area contributed by atoms with Gasteiger partial charge in [-0.1, -0.05) is 6.92 Å². The lowest BCUT2D eigenvalue weighted by atomic mass is 9.95. The van der Waals surface area contributed by atoms with E-state index in [4.69, 9.17) is 0 Å². The number of rotatable bonds is 5. The summed E-state index contributed by atoms with van der Waals surface area (Å²) >= 11 is 0. The Labute approximate surface area is 91.2 Å². The number of Topliss-reactive ketones (excluding diaryl/α,β-unsaturated/α-hetero) is 1. The van der Waals surface area contributed by atoms with Crippen LogP contribution in [0.15, 0.2) is 6.20 Å². The third-order valence-corrected chi connectivity index (χ3v) is 2.26. The lowest BCUT2D eigenvalue weighted by Gasteiger charge is -2.07. The maximum Gasteiger partial charge on any atom is 0.282 e. The zero-order valence-electron chi connectivity index (χ0n) is 8.98. The number of ketones is 1. The molecule has 6 heteroatoms. The summed E-state index contributed by atoms with van der Waals surface area (Å²) in [5, 5.41) is 3.55. The molecule has 1 atom stereocenters. The van der Waals surface area contributed by atoms with Crippen LogP contribution >= 0.6 is 0 Å². The predicted molar refractivity (Wildman–Crippen MR) is 52.3 cm³/mol. The van der Waals surface area contributed by atoms with Crippen LogP contribution in [0.25, 0.3) is 0 Å². The maximum atomic E-state index is 12.6. The van der Waals surface area contributed by atoms with Crippen molar-refractivity contribution < 1.29 is 18.4 Å². The first-order chi connectivity index (χ1) is 7.51. The summed E-state index contributed by atoms with van der Waals surface area (Å²) in [6.07, 6.45) is -0.993. The molecule has 0 saturated carbocycles. The molecule has 0 spiro atoms. The molecule has 0 aliphatic rings. The van der Waals surface area contributed by atoms with Gasteiger partial charge in [0, 0.05) is 25.2 Å². The lowest BCUT2D eigenvalue weighted by Crippen LogP contribution is -2.14. The number of hydrogen-bond acceptors (Lipinski definition) is 3. The Bertz CT molecular complexity index is 402. The molecule has 0 aromatic carbocycles. The minimum atomic E-state index is -2.79. The highest BCUT2D eigenvalue weighted by Crippen LogP contribution is 2.27. The van der Waals surface area contributed by atoms with E-state index in [9.17, 15) is 18.4 Å². The molecule has 0 aliphatic carbocycles. The molecular weight excluding hydrogens is 218 g/mol. The molecule has 0 saturated heterocycles. The van der Waals surface area contributed by atoms with E-state index < -0.39 is 18.0 Å². The van der Waals surface area contributed by atoms with Gasteiger partial charge >= 0.3 is 0 Å². The minimum Gasteiger partial charge on any atom is -0.302 e. The average molecular weight is 230 g/mol. The van der Waals surface area contributed by atoms with Crippen LogP contribution in [0, 0.1) is 0 Å². The Hall–Kier alpha value is -1.59. The van der Waals surface area contributed by atoms with Gasteiger partial charge in [-0.2, -0.15) is 5.10 Å². The molecule has 1 rings (SSSR count). The highest BCUT2D eigenvalue weighted by atomic mass is 19.3. The van der Waals surface area contributed by atoms with Gasteiger partial charge in [0.2, 0.25) is 0 Å². The van der Waals surface area contributed by atoms with Crippen molar-refractivity contribution >= 4 is 12.1 Å². The Morgan fingerprint density at radius 3 is 2.69 bits per heavy atom. The van der Waals surface area contributed by atoms with E-state index in [1.165, 1.54) is 17.9 Å². The van der Waals surface area contributed by atoms with Crippen molar-refractivity contribution in [2.75, 3.05) is 0 Å². The fourth-order valence-corrected chi connectivity index (χ4v) is 1.48. The summed E-state index contributed by atoms with van der Waals surface area (Å²) < 4.78 is 26.4. The summed E-state index contributed by atoms with van der Waals surface area (Å²) in [4.78, 5) is 22.2. The maximum absolute atomic E-state index is 12.6. The summed E-state index contributed by atoms with van der Waals surface area (Å²) in [6, 6.07) is 0. The van der Waals surface area contributed by atoms with Crippen molar-refractivity contribution in [2.45, 2.75) is 25.7 Å². The van der Waals surface area contributed by atoms with Crippen LogP contribution in [0.5, 0.6) is 0 Å². The van der Waals surface area contributed by atoms with Crippen molar-refractivity contribution in [2.24, 2.45) is 7.05 Å². The smallest absolute Gasteiger partial charge is 0.282 e. The zero-order valence-corrected chi connectivity index (χ0v) is 8.98. The monoisotopic (exact) mass is 230 g/mol. The number of nitrogens with zero attached hydrogens (tertiary/aromatic N) is 2. The first-order valence-corrected chi connectivity index (χ1v) is 4.80. The van der Waals surface area contributed by atoms with E-state index in [0.29, 0.717) is 6.29 Å². The van der Waals surface area contributed by atoms with E-state index in [-0.39, 0.29) is 17.8 Å². The van der Waals surface area contributed by atoms with E-state index in [2.05, 4.69) is 5.10 Å². The average Bonchev–Trinajstić information content (AvgIpc) is 2.61. The second kappa shape index (κ2) is 4.96. The number of aryl methyl sites for hydroxylation is 1. The SMILES string of the molecule is CCC(=O)C(C=O)c1cn(C)nc1C(F)F. The summed E-state index contributed by atoms with van der Waals surface area (Å²) in [5.41, 5.74) is -0.499. The first-order valence-electron chi connectivity index (χ1n) is 4.80. The largest absolute Gasteiger partial charge is 0.302 e. The molecule has 16 heavy (non-hydrogen) atoms. The van der Waals surface area contributed by atoms with Crippen LogP contribution in [0.1, 0.15) is 36.9 Å². The second-order valence-electron chi connectivity index (χ2n) is 3.38. The fourth-order valence-electron chi connectivity index (χ4n) is 1.48. The predicted octanol–water partition coefficient (Wildman–Crippen LogP) is 1.62. The number of hydrogen-bond donors (Lipinski definition) is 0. The number of halogens is 2. The normalized spacial score (nSPS) is 12.8. The van der Waals surface area contributed by atoms with Gasteiger partial charge in [-0.15, -0.1) is 0 Å².